The van der Waals surface area contributed by atoms with Crippen LogP contribution in [0.25, 0.3) is 0 Å². The molecule has 17 heavy (non-hydrogen) atoms. The van der Waals surface area contributed by atoms with Crippen molar-refractivity contribution in [2.75, 3.05) is 13.2 Å². The summed E-state index contributed by atoms with van der Waals surface area (Å²) in [5, 5.41) is 3.52. The molecule has 1 rings (SSSR count). The van der Waals surface area contributed by atoms with Crippen LogP contribution in [0.3, 0.4) is 0 Å². The van der Waals surface area contributed by atoms with E-state index in [1.807, 2.05) is 13.0 Å². The zero-order valence-electron chi connectivity index (χ0n) is 10.9. The maximum atomic E-state index is 5.49. The van der Waals surface area contributed by atoms with Gasteiger partial charge in [0.1, 0.15) is 5.75 Å². The van der Waals surface area contributed by atoms with Gasteiger partial charge in [0.05, 0.1) is 6.61 Å². The van der Waals surface area contributed by atoms with Crippen molar-refractivity contribution in [2.45, 2.75) is 39.7 Å². The van der Waals surface area contributed by atoms with Crippen molar-refractivity contribution in [3.8, 4) is 5.75 Å². The van der Waals surface area contributed by atoms with E-state index in [-0.39, 0.29) is 0 Å². The highest BCUT2D eigenvalue weighted by molar-refractivity contribution is 9.10. The molecule has 1 aromatic rings. The van der Waals surface area contributed by atoms with E-state index in [4.69, 9.17) is 4.74 Å². The van der Waals surface area contributed by atoms with Gasteiger partial charge in [0, 0.05) is 10.5 Å². The van der Waals surface area contributed by atoms with Crippen LogP contribution in [0.2, 0.25) is 0 Å². The maximum absolute atomic E-state index is 5.49. The molecule has 0 radical (unpaired) electrons. The highest BCUT2D eigenvalue weighted by atomic mass is 79.9. The van der Waals surface area contributed by atoms with Gasteiger partial charge >= 0.3 is 0 Å². The molecule has 96 valence electrons. The van der Waals surface area contributed by atoms with Crippen LogP contribution in [-0.4, -0.2) is 13.2 Å². The van der Waals surface area contributed by atoms with E-state index in [2.05, 4.69) is 47.2 Å². The average Bonchev–Trinajstić information content (AvgIpc) is 2.29. The largest absolute Gasteiger partial charge is 0.494 e. The van der Waals surface area contributed by atoms with E-state index in [0.717, 1.165) is 23.2 Å². The Kier molecular flexibility index (Phi) is 6.60. The van der Waals surface area contributed by atoms with Crippen molar-refractivity contribution in [1.82, 2.24) is 5.32 Å². The van der Waals surface area contributed by atoms with Gasteiger partial charge in [0.2, 0.25) is 0 Å². The second-order valence-corrected chi connectivity index (χ2v) is 4.87. The lowest BCUT2D eigenvalue weighted by atomic mass is 10.0. The minimum absolute atomic E-state index is 0.426. The highest BCUT2D eigenvalue weighted by Gasteiger charge is 2.13. The smallest absolute Gasteiger partial charge is 0.120 e. The molecule has 1 atom stereocenters. The third kappa shape index (κ3) is 4.32. The fourth-order valence-corrected chi connectivity index (χ4v) is 2.58. The Bertz CT molecular complexity index is 335. The van der Waals surface area contributed by atoms with Crippen molar-refractivity contribution < 1.29 is 4.74 Å². The third-order valence-corrected chi connectivity index (χ3v) is 3.37. The van der Waals surface area contributed by atoms with Crippen molar-refractivity contribution in [3.63, 3.8) is 0 Å². The summed E-state index contributed by atoms with van der Waals surface area (Å²) in [5.41, 5.74) is 1.32. The molecule has 0 aromatic heterocycles. The number of rotatable bonds is 7. The van der Waals surface area contributed by atoms with Gasteiger partial charge in [0.25, 0.3) is 0 Å². The number of hydrogen-bond acceptors (Lipinski definition) is 2. The summed E-state index contributed by atoms with van der Waals surface area (Å²) in [6, 6.07) is 6.68. The molecule has 0 heterocycles. The Hall–Kier alpha value is -0.540. The van der Waals surface area contributed by atoms with Crippen LogP contribution in [-0.2, 0) is 0 Å². The standard InChI is InChI=1S/C14H22BrNO/c1-4-7-14(16-5-2)12-9-8-11(17-6-3)10-13(12)15/h8-10,14,16H,4-7H2,1-3H3. The molecule has 1 aromatic carbocycles. The van der Waals surface area contributed by atoms with E-state index in [0.29, 0.717) is 12.6 Å². The number of benzene rings is 1. The summed E-state index contributed by atoms with van der Waals surface area (Å²) >= 11 is 3.64. The predicted molar refractivity (Wildman–Crippen MR) is 76.6 cm³/mol. The summed E-state index contributed by atoms with van der Waals surface area (Å²) in [5.74, 6) is 0.926. The lowest BCUT2D eigenvalue weighted by Crippen LogP contribution is -2.21. The highest BCUT2D eigenvalue weighted by Crippen LogP contribution is 2.30. The zero-order valence-corrected chi connectivity index (χ0v) is 12.5. The number of nitrogens with one attached hydrogen (secondary N) is 1. The summed E-state index contributed by atoms with van der Waals surface area (Å²) in [6.07, 6.45) is 2.33. The molecule has 0 fully saturated rings. The van der Waals surface area contributed by atoms with Gasteiger partial charge in [0.15, 0.2) is 0 Å². The van der Waals surface area contributed by atoms with Crippen LogP contribution in [0.1, 0.15) is 45.2 Å². The molecule has 0 spiro atoms. The van der Waals surface area contributed by atoms with Crippen molar-refractivity contribution in [2.24, 2.45) is 0 Å². The van der Waals surface area contributed by atoms with Gasteiger partial charge in [-0.2, -0.15) is 0 Å². The number of hydrogen-bond donors (Lipinski definition) is 1. The van der Waals surface area contributed by atoms with E-state index < -0.39 is 0 Å². The van der Waals surface area contributed by atoms with E-state index in [1.165, 1.54) is 12.0 Å². The minimum atomic E-state index is 0.426. The Balaban J connectivity index is 2.87. The van der Waals surface area contributed by atoms with E-state index >= 15 is 0 Å². The SMILES string of the molecule is CCCC(NCC)c1ccc(OCC)cc1Br. The molecule has 1 N–H and O–H groups in total. The number of ether oxygens (including phenoxy) is 1. The lowest BCUT2D eigenvalue weighted by molar-refractivity contribution is 0.339. The summed E-state index contributed by atoms with van der Waals surface area (Å²) in [6.45, 7) is 8.06. The molecule has 0 amide bonds. The second-order valence-electron chi connectivity index (χ2n) is 4.02. The molecule has 3 heteroatoms. The van der Waals surface area contributed by atoms with Crippen LogP contribution in [0, 0.1) is 0 Å². The van der Waals surface area contributed by atoms with Gasteiger partial charge in [-0.3, -0.25) is 0 Å². The van der Waals surface area contributed by atoms with Gasteiger partial charge in [-0.25, -0.2) is 0 Å². The Morgan fingerprint density at radius 3 is 2.59 bits per heavy atom. The monoisotopic (exact) mass is 299 g/mol. The fourth-order valence-electron chi connectivity index (χ4n) is 1.95. The molecular formula is C14H22BrNO. The average molecular weight is 300 g/mol. The first-order chi connectivity index (χ1) is 8.22. The summed E-state index contributed by atoms with van der Waals surface area (Å²) in [4.78, 5) is 0. The second kappa shape index (κ2) is 7.72. The Morgan fingerprint density at radius 2 is 2.06 bits per heavy atom. The van der Waals surface area contributed by atoms with E-state index in [1.54, 1.807) is 0 Å². The van der Waals surface area contributed by atoms with Crippen molar-refractivity contribution in [1.29, 1.82) is 0 Å². The molecular weight excluding hydrogens is 278 g/mol. The molecule has 2 nitrogen and oxygen atoms in total. The normalized spacial score (nSPS) is 12.5. The van der Waals surface area contributed by atoms with Crippen LogP contribution in [0.15, 0.2) is 22.7 Å². The van der Waals surface area contributed by atoms with Crippen molar-refractivity contribution >= 4 is 15.9 Å². The van der Waals surface area contributed by atoms with Crippen LogP contribution in [0.5, 0.6) is 5.75 Å². The van der Waals surface area contributed by atoms with Crippen molar-refractivity contribution in [3.05, 3.63) is 28.2 Å². The first-order valence-electron chi connectivity index (χ1n) is 6.38. The van der Waals surface area contributed by atoms with Gasteiger partial charge in [-0.1, -0.05) is 42.3 Å². The molecule has 0 aliphatic rings. The third-order valence-electron chi connectivity index (χ3n) is 2.69. The van der Waals surface area contributed by atoms with Crippen LogP contribution < -0.4 is 10.1 Å². The molecule has 0 bridgehead atoms. The molecule has 0 aliphatic carbocycles. The first-order valence-corrected chi connectivity index (χ1v) is 7.17. The van der Waals surface area contributed by atoms with Crippen LogP contribution >= 0.6 is 15.9 Å². The van der Waals surface area contributed by atoms with Gasteiger partial charge in [-0.15, -0.1) is 0 Å². The quantitative estimate of drug-likeness (QED) is 0.810. The molecule has 0 saturated heterocycles. The Labute approximate surface area is 113 Å². The summed E-state index contributed by atoms with van der Waals surface area (Å²) in [7, 11) is 0. The predicted octanol–water partition coefficient (Wildman–Crippen LogP) is 4.30. The zero-order chi connectivity index (χ0) is 12.7. The number of halogens is 1. The molecule has 0 aliphatic heterocycles. The maximum Gasteiger partial charge on any atom is 0.120 e. The topological polar surface area (TPSA) is 21.3 Å². The summed E-state index contributed by atoms with van der Waals surface area (Å²) < 4.78 is 6.62. The molecule has 0 saturated carbocycles. The molecule has 1 unspecified atom stereocenters. The van der Waals surface area contributed by atoms with Gasteiger partial charge < -0.3 is 10.1 Å². The van der Waals surface area contributed by atoms with Gasteiger partial charge in [-0.05, 0) is 37.6 Å². The lowest BCUT2D eigenvalue weighted by Gasteiger charge is -2.19. The van der Waals surface area contributed by atoms with E-state index in [9.17, 15) is 0 Å². The Morgan fingerprint density at radius 1 is 1.29 bits per heavy atom. The fraction of sp³-hybridized carbons (Fsp3) is 0.571. The van der Waals surface area contributed by atoms with Crippen LogP contribution in [0.4, 0.5) is 0 Å². The minimum Gasteiger partial charge on any atom is -0.494 e. The first kappa shape index (κ1) is 14.5.